The Labute approximate surface area is 241 Å². The summed E-state index contributed by atoms with van der Waals surface area (Å²) in [4.78, 5) is 27.6. The zero-order chi connectivity index (χ0) is 28.5. The van der Waals surface area contributed by atoms with E-state index in [2.05, 4.69) is 57.6 Å². The van der Waals surface area contributed by atoms with E-state index >= 15 is 0 Å². The van der Waals surface area contributed by atoms with Crippen molar-refractivity contribution in [3.8, 4) is 11.6 Å². The fourth-order valence-corrected chi connectivity index (χ4v) is 5.77. The summed E-state index contributed by atoms with van der Waals surface area (Å²) < 4.78 is 7.76. The molecule has 4 aromatic rings. The molecule has 2 aromatic carbocycles. The predicted octanol–water partition coefficient (Wildman–Crippen LogP) is 4.99. The predicted molar refractivity (Wildman–Crippen MR) is 163 cm³/mol. The van der Waals surface area contributed by atoms with Crippen molar-refractivity contribution in [3.63, 3.8) is 0 Å². The van der Waals surface area contributed by atoms with Gasteiger partial charge in [0.2, 0.25) is 5.95 Å². The Morgan fingerprint density at radius 1 is 1.07 bits per heavy atom. The third-order valence-electron chi connectivity index (χ3n) is 8.22. The normalized spacial score (nSPS) is 14.8. The van der Waals surface area contributed by atoms with Crippen LogP contribution in [0.3, 0.4) is 0 Å². The van der Waals surface area contributed by atoms with Gasteiger partial charge in [0.05, 0.1) is 18.4 Å². The van der Waals surface area contributed by atoms with E-state index in [0.717, 1.165) is 96.5 Å². The van der Waals surface area contributed by atoms with Crippen LogP contribution in [-0.2, 0) is 19.3 Å². The van der Waals surface area contributed by atoms with E-state index in [-0.39, 0.29) is 5.91 Å². The number of piperazine rings is 1. The minimum Gasteiger partial charge on any atom is -0.494 e. The Balaban J connectivity index is 1.24. The van der Waals surface area contributed by atoms with Crippen LogP contribution in [0.2, 0.25) is 0 Å². The average molecular weight is 552 g/mol. The molecule has 0 unspecified atom stereocenters. The number of methoxy groups -OCH3 is 1. The molecule has 0 radical (unpaired) electrons. The molecule has 2 aromatic heterocycles. The minimum absolute atomic E-state index is 0.0937. The van der Waals surface area contributed by atoms with Crippen LogP contribution in [0.4, 0.5) is 23.0 Å². The summed E-state index contributed by atoms with van der Waals surface area (Å²) in [5, 5.41) is 6.53. The number of carbonyl (C=O) groups is 1. The zero-order valence-corrected chi connectivity index (χ0v) is 24.2. The topological polar surface area (TPSA) is 87.6 Å². The van der Waals surface area contributed by atoms with Gasteiger partial charge in [-0.3, -0.25) is 4.79 Å². The standard InChI is InChI=1S/C32H37N7O2/c1-5-22-8-6-7-21(2)29(22)35-31(40)25-13-14-39-27(25)12-9-23-20-33-32(36-30(23)39)34-26-11-10-24(19-28(26)41-4)38-17-15-37(3)16-18-38/h6-8,10-11,13-14,19-20H,5,9,12,15-18H2,1-4H3,(H,35,40)(H,33,34,36). The number of amides is 1. The number of carbonyl (C=O) groups excluding carboxylic acids is 1. The molecule has 9 nitrogen and oxygen atoms in total. The summed E-state index contributed by atoms with van der Waals surface area (Å²) in [5.41, 5.74) is 7.73. The Bertz CT molecular complexity index is 1590. The highest BCUT2D eigenvalue weighted by atomic mass is 16.5. The van der Waals surface area contributed by atoms with Gasteiger partial charge in [-0.1, -0.05) is 25.1 Å². The van der Waals surface area contributed by atoms with Crippen molar-refractivity contribution in [2.24, 2.45) is 0 Å². The van der Waals surface area contributed by atoms with Crippen LogP contribution in [0.15, 0.2) is 54.9 Å². The number of nitrogens with zero attached hydrogens (tertiary/aromatic N) is 5. The maximum atomic E-state index is 13.4. The lowest BCUT2D eigenvalue weighted by molar-refractivity contribution is 0.102. The van der Waals surface area contributed by atoms with Gasteiger partial charge < -0.3 is 29.7 Å². The van der Waals surface area contributed by atoms with Gasteiger partial charge in [0.15, 0.2) is 0 Å². The molecule has 2 aliphatic rings. The van der Waals surface area contributed by atoms with E-state index in [0.29, 0.717) is 11.5 Å². The number of para-hydroxylation sites is 1. The number of aryl methyl sites for hydroxylation is 3. The second-order valence-electron chi connectivity index (χ2n) is 10.8. The molecule has 0 spiro atoms. The van der Waals surface area contributed by atoms with E-state index < -0.39 is 0 Å². The third kappa shape index (κ3) is 5.25. The molecule has 0 aliphatic carbocycles. The maximum absolute atomic E-state index is 13.4. The van der Waals surface area contributed by atoms with Gasteiger partial charge in [-0.25, -0.2) is 4.98 Å². The van der Waals surface area contributed by atoms with Gasteiger partial charge in [0, 0.05) is 67.3 Å². The van der Waals surface area contributed by atoms with E-state index in [1.165, 1.54) is 0 Å². The SMILES string of the molecule is CCc1cccc(C)c1NC(=O)c1ccn2c1CCc1cnc(Nc3ccc(N4CCN(C)CC4)cc3OC)nc1-2. The summed E-state index contributed by atoms with van der Waals surface area (Å²) in [7, 11) is 3.84. The Hall–Kier alpha value is -4.37. The van der Waals surface area contributed by atoms with Crippen LogP contribution in [0, 0.1) is 6.92 Å². The molecule has 212 valence electrons. The van der Waals surface area contributed by atoms with Gasteiger partial charge in [0.1, 0.15) is 11.6 Å². The monoisotopic (exact) mass is 551 g/mol. The number of likely N-dealkylation sites (N-methyl/N-ethyl adjacent to an activating group) is 1. The van der Waals surface area contributed by atoms with Crippen LogP contribution in [0.5, 0.6) is 5.75 Å². The van der Waals surface area contributed by atoms with Gasteiger partial charge in [-0.05, 0) is 62.6 Å². The van der Waals surface area contributed by atoms with Gasteiger partial charge in [0.25, 0.3) is 5.91 Å². The molecule has 0 saturated carbocycles. The number of nitrogens with one attached hydrogen (secondary N) is 2. The first-order chi connectivity index (χ1) is 19.9. The smallest absolute Gasteiger partial charge is 0.257 e. The van der Waals surface area contributed by atoms with Crippen molar-refractivity contribution in [1.82, 2.24) is 19.4 Å². The van der Waals surface area contributed by atoms with Crippen molar-refractivity contribution in [1.29, 1.82) is 0 Å². The molecule has 2 N–H and O–H groups in total. The maximum Gasteiger partial charge on any atom is 0.257 e. The molecule has 1 amide bonds. The number of ether oxygens (including phenoxy) is 1. The zero-order valence-electron chi connectivity index (χ0n) is 24.2. The summed E-state index contributed by atoms with van der Waals surface area (Å²) in [6.07, 6.45) is 6.18. The highest BCUT2D eigenvalue weighted by molar-refractivity contribution is 6.06. The molecule has 6 rings (SSSR count). The number of fused-ring (bicyclic) bond motifs is 3. The molecular weight excluding hydrogens is 514 g/mol. The fourth-order valence-electron chi connectivity index (χ4n) is 5.77. The number of hydrogen-bond acceptors (Lipinski definition) is 7. The Kier molecular flexibility index (Phi) is 7.36. The van der Waals surface area contributed by atoms with Crippen LogP contribution in [-0.4, -0.2) is 65.7 Å². The summed E-state index contributed by atoms with van der Waals surface area (Å²) in [6, 6.07) is 14.2. The lowest BCUT2D eigenvalue weighted by Gasteiger charge is -2.34. The molecule has 2 aliphatic heterocycles. The van der Waals surface area contributed by atoms with E-state index in [1.807, 2.05) is 48.1 Å². The lowest BCUT2D eigenvalue weighted by atomic mass is 10.0. The van der Waals surface area contributed by atoms with Gasteiger partial charge in [-0.15, -0.1) is 0 Å². The summed E-state index contributed by atoms with van der Waals surface area (Å²) in [5.74, 6) is 1.92. The highest BCUT2D eigenvalue weighted by Crippen LogP contribution is 2.33. The van der Waals surface area contributed by atoms with Crippen LogP contribution in [0.1, 0.15) is 39.7 Å². The van der Waals surface area contributed by atoms with Crippen LogP contribution in [0.25, 0.3) is 5.82 Å². The molecule has 1 fully saturated rings. The van der Waals surface area contributed by atoms with Crippen molar-refractivity contribution < 1.29 is 9.53 Å². The molecular formula is C32H37N7O2. The summed E-state index contributed by atoms with van der Waals surface area (Å²) in [6.45, 7) is 8.20. The Morgan fingerprint density at radius 3 is 2.68 bits per heavy atom. The molecule has 0 bridgehead atoms. The highest BCUT2D eigenvalue weighted by Gasteiger charge is 2.25. The second kappa shape index (κ2) is 11.2. The number of rotatable bonds is 7. The number of aromatic nitrogens is 3. The lowest BCUT2D eigenvalue weighted by Crippen LogP contribution is -2.44. The van der Waals surface area contributed by atoms with E-state index in [9.17, 15) is 4.79 Å². The van der Waals surface area contributed by atoms with Crippen molar-refractivity contribution in [3.05, 3.63) is 82.8 Å². The quantitative estimate of drug-likeness (QED) is 0.335. The number of benzene rings is 2. The van der Waals surface area contributed by atoms with Crippen LogP contribution >= 0.6 is 0 Å². The molecule has 0 atom stereocenters. The van der Waals surface area contributed by atoms with E-state index in [1.54, 1.807) is 7.11 Å². The van der Waals surface area contributed by atoms with Crippen molar-refractivity contribution in [2.75, 3.05) is 55.9 Å². The first-order valence-corrected chi connectivity index (χ1v) is 14.3. The first kappa shape index (κ1) is 26.8. The summed E-state index contributed by atoms with van der Waals surface area (Å²) >= 11 is 0. The fraction of sp³-hybridized carbons (Fsp3) is 0.344. The molecule has 4 heterocycles. The van der Waals surface area contributed by atoms with E-state index in [4.69, 9.17) is 9.72 Å². The first-order valence-electron chi connectivity index (χ1n) is 14.3. The number of hydrogen-bond donors (Lipinski definition) is 2. The van der Waals surface area contributed by atoms with Gasteiger partial charge in [-0.2, -0.15) is 4.98 Å². The van der Waals surface area contributed by atoms with Crippen LogP contribution < -0.4 is 20.3 Å². The van der Waals surface area contributed by atoms with Crippen molar-refractivity contribution >= 4 is 28.9 Å². The largest absolute Gasteiger partial charge is 0.494 e. The van der Waals surface area contributed by atoms with Gasteiger partial charge >= 0.3 is 0 Å². The average Bonchev–Trinajstić information content (AvgIpc) is 3.44. The molecule has 1 saturated heterocycles. The third-order valence-corrected chi connectivity index (χ3v) is 8.22. The second-order valence-corrected chi connectivity index (χ2v) is 10.8. The van der Waals surface area contributed by atoms with Crippen molar-refractivity contribution in [2.45, 2.75) is 33.1 Å². The molecule has 9 heteroatoms. The Morgan fingerprint density at radius 2 is 1.90 bits per heavy atom. The molecule has 41 heavy (non-hydrogen) atoms. The minimum atomic E-state index is -0.0937. The number of anilines is 4.